The predicted octanol–water partition coefficient (Wildman–Crippen LogP) is 2.88. The standard InChI is InChI=1S/C17H17FN6OS/c1-25-15-8-4-13(5-9-15)11-26-17-23-22-16(24(17)19)21-20-10-12-2-6-14(18)7-3-12/h2-10H,11,19H2,1H3,(H,21,22)/b20-10+. The van der Waals surface area contributed by atoms with Crippen molar-refractivity contribution in [3.8, 4) is 5.75 Å². The van der Waals surface area contributed by atoms with Gasteiger partial charge in [-0.25, -0.2) is 14.5 Å². The Morgan fingerprint density at radius 1 is 1.19 bits per heavy atom. The molecule has 0 aliphatic rings. The number of nitrogens with zero attached hydrogens (tertiary/aromatic N) is 4. The first kappa shape index (κ1) is 17.7. The largest absolute Gasteiger partial charge is 0.497 e. The second-order valence-electron chi connectivity index (χ2n) is 5.23. The second-order valence-corrected chi connectivity index (χ2v) is 6.18. The van der Waals surface area contributed by atoms with Crippen LogP contribution in [0.2, 0.25) is 0 Å². The first-order valence-electron chi connectivity index (χ1n) is 7.66. The Bertz CT molecular complexity index is 879. The van der Waals surface area contributed by atoms with Gasteiger partial charge in [-0.15, -0.1) is 10.2 Å². The number of halogens is 1. The van der Waals surface area contributed by atoms with Crippen LogP contribution in [0.4, 0.5) is 10.3 Å². The molecule has 0 saturated heterocycles. The third kappa shape index (κ3) is 4.51. The minimum atomic E-state index is -0.296. The van der Waals surface area contributed by atoms with Gasteiger partial charge in [-0.1, -0.05) is 36.0 Å². The SMILES string of the molecule is COc1ccc(CSc2nnc(N/N=C/c3ccc(F)cc3)n2N)cc1. The van der Waals surface area contributed by atoms with Gasteiger partial charge in [0.2, 0.25) is 5.16 Å². The minimum Gasteiger partial charge on any atom is -0.497 e. The van der Waals surface area contributed by atoms with Crippen molar-refractivity contribution in [3.05, 3.63) is 65.5 Å². The third-order valence-electron chi connectivity index (χ3n) is 3.44. The Hall–Kier alpha value is -3.07. The van der Waals surface area contributed by atoms with Crippen LogP contribution in [-0.4, -0.2) is 28.2 Å². The molecule has 1 aromatic heterocycles. The molecule has 0 saturated carbocycles. The number of hydrazone groups is 1. The lowest BCUT2D eigenvalue weighted by molar-refractivity contribution is 0.414. The van der Waals surface area contributed by atoms with Crippen molar-refractivity contribution in [2.75, 3.05) is 18.4 Å². The van der Waals surface area contributed by atoms with Crippen LogP contribution in [0.5, 0.6) is 5.75 Å². The van der Waals surface area contributed by atoms with Crippen molar-refractivity contribution in [3.63, 3.8) is 0 Å². The van der Waals surface area contributed by atoms with Crippen LogP contribution < -0.4 is 16.0 Å². The van der Waals surface area contributed by atoms with Crippen LogP contribution >= 0.6 is 11.8 Å². The van der Waals surface area contributed by atoms with E-state index in [9.17, 15) is 4.39 Å². The average Bonchev–Trinajstić information content (AvgIpc) is 3.02. The van der Waals surface area contributed by atoms with Gasteiger partial charge in [0, 0.05) is 5.75 Å². The lowest BCUT2D eigenvalue weighted by atomic mass is 10.2. The molecule has 3 N–H and O–H groups in total. The molecule has 0 aliphatic heterocycles. The molecular formula is C17H17FN6OS. The zero-order valence-electron chi connectivity index (χ0n) is 14.0. The van der Waals surface area contributed by atoms with Crippen molar-refractivity contribution in [1.82, 2.24) is 14.9 Å². The number of methoxy groups -OCH3 is 1. The molecule has 7 nitrogen and oxygen atoms in total. The lowest BCUT2D eigenvalue weighted by Crippen LogP contribution is -2.13. The summed E-state index contributed by atoms with van der Waals surface area (Å²) in [5.74, 6) is 7.49. The molecule has 9 heteroatoms. The predicted molar refractivity (Wildman–Crippen MR) is 100 cm³/mol. The van der Waals surface area contributed by atoms with Crippen LogP contribution in [0.3, 0.4) is 0 Å². The fourth-order valence-corrected chi connectivity index (χ4v) is 2.85. The number of hydrogen-bond acceptors (Lipinski definition) is 7. The van der Waals surface area contributed by atoms with Crippen molar-refractivity contribution in [2.24, 2.45) is 5.10 Å². The van der Waals surface area contributed by atoms with E-state index in [2.05, 4.69) is 20.7 Å². The topological polar surface area (TPSA) is 90.4 Å². The quantitative estimate of drug-likeness (QED) is 0.287. The van der Waals surface area contributed by atoms with E-state index in [1.165, 1.54) is 34.8 Å². The monoisotopic (exact) mass is 372 g/mol. The van der Waals surface area contributed by atoms with Gasteiger partial charge in [-0.05, 0) is 35.4 Å². The molecule has 2 aromatic carbocycles. The molecule has 26 heavy (non-hydrogen) atoms. The molecule has 0 radical (unpaired) electrons. The van der Waals surface area contributed by atoms with Crippen LogP contribution in [0.15, 0.2) is 58.8 Å². The number of nitrogen functional groups attached to an aromatic ring is 1. The highest BCUT2D eigenvalue weighted by atomic mass is 32.2. The van der Waals surface area contributed by atoms with Crippen LogP contribution in [-0.2, 0) is 5.75 Å². The number of nitrogens with one attached hydrogen (secondary N) is 1. The molecule has 0 amide bonds. The number of hydrogen-bond donors (Lipinski definition) is 2. The maximum Gasteiger partial charge on any atom is 0.264 e. The Morgan fingerprint density at radius 3 is 2.62 bits per heavy atom. The zero-order chi connectivity index (χ0) is 18.4. The Balaban J connectivity index is 1.57. The summed E-state index contributed by atoms with van der Waals surface area (Å²) in [5.41, 5.74) is 4.58. The first-order valence-corrected chi connectivity index (χ1v) is 8.65. The molecule has 134 valence electrons. The lowest BCUT2D eigenvalue weighted by Gasteiger charge is -2.04. The molecule has 3 aromatic rings. The first-order chi connectivity index (χ1) is 12.7. The molecular weight excluding hydrogens is 355 g/mol. The summed E-state index contributed by atoms with van der Waals surface area (Å²) in [6.45, 7) is 0. The smallest absolute Gasteiger partial charge is 0.264 e. The van der Waals surface area contributed by atoms with Gasteiger partial charge in [0.05, 0.1) is 13.3 Å². The maximum absolute atomic E-state index is 12.9. The van der Waals surface area contributed by atoms with Crippen molar-refractivity contribution in [2.45, 2.75) is 10.9 Å². The summed E-state index contributed by atoms with van der Waals surface area (Å²) >= 11 is 1.46. The van der Waals surface area contributed by atoms with E-state index in [0.717, 1.165) is 16.9 Å². The van der Waals surface area contributed by atoms with Gasteiger partial charge in [0.15, 0.2) is 0 Å². The van der Waals surface area contributed by atoms with Gasteiger partial charge >= 0.3 is 0 Å². The number of rotatable bonds is 7. The molecule has 1 heterocycles. The molecule has 0 bridgehead atoms. The number of aromatic nitrogens is 3. The van der Waals surface area contributed by atoms with Gasteiger partial charge < -0.3 is 10.6 Å². The Labute approximate surface area is 154 Å². The van der Waals surface area contributed by atoms with Gasteiger partial charge in [-0.3, -0.25) is 0 Å². The van der Waals surface area contributed by atoms with E-state index < -0.39 is 0 Å². The Kier molecular flexibility index (Phi) is 5.69. The second kappa shape index (κ2) is 8.34. The highest BCUT2D eigenvalue weighted by Gasteiger charge is 2.09. The van der Waals surface area contributed by atoms with Gasteiger partial charge in [0.1, 0.15) is 11.6 Å². The zero-order valence-corrected chi connectivity index (χ0v) is 14.8. The highest BCUT2D eigenvalue weighted by Crippen LogP contribution is 2.22. The fourth-order valence-electron chi connectivity index (χ4n) is 2.03. The number of anilines is 1. The highest BCUT2D eigenvalue weighted by molar-refractivity contribution is 7.98. The van der Waals surface area contributed by atoms with E-state index >= 15 is 0 Å². The third-order valence-corrected chi connectivity index (χ3v) is 4.45. The maximum atomic E-state index is 12.9. The molecule has 3 rings (SSSR count). The van der Waals surface area contributed by atoms with Crippen molar-refractivity contribution < 1.29 is 9.13 Å². The summed E-state index contributed by atoms with van der Waals surface area (Å²) in [6.07, 6.45) is 1.54. The minimum absolute atomic E-state index is 0.296. The van der Waals surface area contributed by atoms with Crippen molar-refractivity contribution in [1.29, 1.82) is 0 Å². The summed E-state index contributed by atoms with van der Waals surface area (Å²) in [4.78, 5) is 0. The summed E-state index contributed by atoms with van der Waals surface area (Å²) in [5, 5.41) is 12.6. The van der Waals surface area contributed by atoms with Gasteiger partial charge in [0.25, 0.3) is 5.95 Å². The molecule has 0 atom stereocenters. The Morgan fingerprint density at radius 2 is 1.92 bits per heavy atom. The molecule has 0 fully saturated rings. The number of nitrogens with two attached hydrogens (primary N) is 1. The van der Waals surface area contributed by atoms with Crippen LogP contribution in [0.1, 0.15) is 11.1 Å². The average molecular weight is 372 g/mol. The van der Waals surface area contributed by atoms with E-state index in [1.807, 2.05) is 24.3 Å². The number of benzene rings is 2. The molecule has 0 spiro atoms. The van der Waals surface area contributed by atoms with Crippen LogP contribution in [0.25, 0.3) is 0 Å². The van der Waals surface area contributed by atoms with Crippen LogP contribution in [0, 0.1) is 5.82 Å². The van der Waals surface area contributed by atoms with E-state index in [1.54, 1.807) is 19.2 Å². The summed E-state index contributed by atoms with van der Waals surface area (Å²) in [6, 6.07) is 13.7. The fraction of sp³-hybridized carbons (Fsp3) is 0.118. The van der Waals surface area contributed by atoms with E-state index in [-0.39, 0.29) is 5.82 Å². The van der Waals surface area contributed by atoms with E-state index in [4.69, 9.17) is 10.6 Å². The molecule has 0 unspecified atom stereocenters. The van der Waals surface area contributed by atoms with Crippen molar-refractivity contribution >= 4 is 23.9 Å². The molecule has 0 aliphatic carbocycles. The normalized spacial score (nSPS) is 11.0. The van der Waals surface area contributed by atoms with E-state index in [0.29, 0.717) is 16.9 Å². The summed E-state index contributed by atoms with van der Waals surface area (Å²) < 4.78 is 19.3. The number of thioether (sulfide) groups is 1. The summed E-state index contributed by atoms with van der Waals surface area (Å²) in [7, 11) is 1.63. The van der Waals surface area contributed by atoms with Gasteiger partial charge in [-0.2, -0.15) is 5.10 Å². The number of ether oxygens (including phenoxy) is 1.